The summed E-state index contributed by atoms with van der Waals surface area (Å²) in [6.07, 6.45) is 0.949. The molecule has 12 nitrogen and oxygen atoms in total. The zero-order valence-corrected chi connectivity index (χ0v) is 18.0. The zero-order chi connectivity index (χ0) is 26.0. The Hall–Kier alpha value is -3.36. The molecule has 170 valence electrons. The summed E-state index contributed by atoms with van der Waals surface area (Å²) >= 11 is 5.87. The summed E-state index contributed by atoms with van der Waals surface area (Å²) in [6.45, 7) is -3.10. The van der Waals surface area contributed by atoms with Crippen molar-refractivity contribution in [1.29, 1.82) is 0 Å². The summed E-state index contributed by atoms with van der Waals surface area (Å²) in [5, 5.41) is 15.2. The lowest BCUT2D eigenvalue weighted by Gasteiger charge is -2.15. The highest BCUT2D eigenvalue weighted by atomic mass is 35.5. The van der Waals surface area contributed by atoms with Crippen molar-refractivity contribution in [1.82, 2.24) is 30.4 Å². The van der Waals surface area contributed by atoms with Crippen LogP contribution in [0.5, 0.6) is 5.75 Å². The largest absolute Gasteiger partial charge is 0.494 e. The molecule has 0 fully saturated rings. The minimum Gasteiger partial charge on any atom is -0.494 e. The number of hydrogen-bond donors (Lipinski definition) is 3. The van der Waals surface area contributed by atoms with Gasteiger partial charge in [0.2, 0.25) is 21.7 Å². The van der Waals surface area contributed by atoms with E-state index in [0.29, 0.717) is 0 Å². The third-order valence-corrected chi connectivity index (χ3v) is 4.67. The molecule has 0 aliphatic heterocycles. The van der Waals surface area contributed by atoms with E-state index in [9.17, 15) is 17.6 Å². The van der Waals surface area contributed by atoms with Crippen LogP contribution in [0.15, 0.2) is 22.7 Å². The lowest BCUT2D eigenvalue weighted by molar-refractivity contribution is 0.0958. The molecule has 1 amide bonds. The summed E-state index contributed by atoms with van der Waals surface area (Å²) in [6, 6.07) is 3.24. The number of halogens is 2. The van der Waals surface area contributed by atoms with Crippen molar-refractivity contribution in [2.75, 3.05) is 25.7 Å². The van der Waals surface area contributed by atoms with E-state index >= 15 is 0 Å². The number of benzene rings is 1. The molecule has 3 N–H and O–H groups in total. The predicted molar refractivity (Wildman–Crippen MR) is 112 cm³/mol. The summed E-state index contributed by atoms with van der Waals surface area (Å²) < 4.78 is 71.2. The Kier molecular flexibility index (Phi) is 5.69. The van der Waals surface area contributed by atoms with Gasteiger partial charge in [-0.05, 0) is 6.07 Å². The quantitative estimate of drug-likeness (QED) is 0.423. The number of methoxy groups -OCH3 is 1. The minimum atomic E-state index is -3.53. The summed E-state index contributed by atoms with van der Waals surface area (Å²) in [4.78, 5) is 16.4. The lowest BCUT2D eigenvalue weighted by Crippen LogP contribution is -2.21. The highest BCUT2D eigenvalue weighted by Gasteiger charge is 2.21. The highest BCUT2D eigenvalue weighted by molar-refractivity contribution is 7.88. The van der Waals surface area contributed by atoms with E-state index in [1.165, 1.54) is 13.2 Å². The van der Waals surface area contributed by atoms with Crippen LogP contribution in [0.25, 0.3) is 11.4 Å². The Morgan fingerprint density at radius 1 is 1.31 bits per heavy atom. The minimum absolute atomic E-state index is 0.00457. The van der Waals surface area contributed by atoms with Gasteiger partial charge in [-0.15, -0.1) is 10.2 Å². The number of ether oxygens (including phenoxy) is 1. The number of aromatic nitrogens is 4. The Morgan fingerprint density at radius 3 is 2.78 bits per heavy atom. The molecule has 3 aromatic rings. The lowest BCUT2D eigenvalue weighted by atomic mass is 10.1. The van der Waals surface area contributed by atoms with Crippen LogP contribution in [0.3, 0.4) is 0 Å². The fraction of sp³-hybridized carbons (Fsp3) is 0.235. The van der Waals surface area contributed by atoms with Crippen molar-refractivity contribution in [3.05, 3.63) is 40.8 Å². The number of amides is 1. The van der Waals surface area contributed by atoms with Crippen LogP contribution >= 0.6 is 11.6 Å². The molecule has 2 heterocycles. The normalized spacial score (nSPS) is 13.1. The SMILES string of the molecule is [2H]C([2H])([2H])NC(=O)c1nnc(Cl)cc1Nc1cc(F)cc(-c2noc(CNS(C)(=O)=O)n2)c1OC. The first kappa shape index (κ1) is 19.3. The van der Waals surface area contributed by atoms with Crippen LogP contribution in [0.2, 0.25) is 5.15 Å². The van der Waals surface area contributed by atoms with Gasteiger partial charge in [-0.3, -0.25) is 4.79 Å². The third-order valence-electron chi connectivity index (χ3n) is 3.81. The fourth-order valence-electron chi connectivity index (χ4n) is 2.54. The number of sulfonamides is 1. The maximum Gasteiger partial charge on any atom is 0.273 e. The number of rotatable bonds is 8. The molecule has 0 bridgehead atoms. The molecule has 0 atom stereocenters. The molecule has 0 unspecified atom stereocenters. The Balaban J connectivity index is 2.01. The summed E-state index contributed by atoms with van der Waals surface area (Å²) in [7, 11) is -2.25. The van der Waals surface area contributed by atoms with Gasteiger partial charge in [-0.25, -0.2) is 17.5 Å². The number of nitrogens with one attached hydrogen (secondary N) is 3. The number of carbonyl (C=O) groups excluding carboxylic acids is 1. The molecular formula is C17H17ClFN7O5S. The van der Waals surface area contributed by atoms with Gasteiger partial charge in [0, 0.05) is 23.2 Å². The first-order valence-corrected chi connectivity index (χ1v) is 10.8. The van der Waals surface area contributed by atoms with Crippen molar-refractivity contribution in [2.24, 2.45) is 0 Å². The second-order valence-electron chi connectivity index (χ2n) is 6.15. The van der Waals surface area contributed by atoms with Crippen molar-refractivity contribution in [2.45, 2.75) is 6.54 Å². The molecule has 3 rings (SSSR count). The van der Waals surface area contributed by atoms with Crippen LogP contribution < -0.4 is 20.1 Å². The van der Waals surface area contributed by atoms with E-state index in [4.69, 9.17) is 25.0 Å². The molecule has 1 aromatic carbocycles. The number of nitrogens with zero attached hydrogens (tertiary/aromatic N) is 4. The third kappa shape index (κ3) is 5.46. The van der Waals surface area contributed by atoms with Crippen molar-refractivity contribution in [3.63, 3.8) is 0 Å². The standard InChI is InChI=1S/C17H17ClFN7O5S/c1-20-17(27)14-10(6-12(18)24-25-14)22-11-5-8(19)4-9(15(11)30-2)16-23-13(31-26-16)7-21-32(3,28)29/h4-6,21H,7H2,1-3H3,(H,20,27)(H,22,24)/i1D3. The van der Waals surface area contributed by atoms with Crippen LogP contribution in [0.4, 0.5) is 15.8 Å². The monoisotopic (exact) mass is 488 g/mol. The maximum absolute atomic E-state index is 14.5. The van der Waals surface area contributed by atoms with Crippen LogP contribution in [-0.4, -0.2) is 55.0 Å². The van der Waals surface area contributed by atoms with Crippen molar-refractivity contribution in [3.8, 4) is 17.1 Å². The smallest absolute Gasteiger partial charge is 0.273 e. The topological polar surface area (TPSA) is 161 Å². The summed E-state index contributed by atoms with van der Waals surface area (Å²) in [5.74, 6) is -2.08. The predicted octanol–water partition coefficient (Wildman–Crippen LogP) is 1.48. The molecular weight excluding hydrogens is 469 g/mol. The Bertz CT molecular complexity index is 1370. The molecule has 0 spiro atoms. The average Bonchev–Trinajstić information content (AvgIpc) is 3.19. The molecule has 0 aliphatic rings. The number of carbonyl (C=O) groups is 1. The van der Waals surface area contributed by atoms with Crippen molar-refractivity contribution >= 4 is 38.9 Å². The van der Waals surface area contributed by atoms with Gasteiger partial charge in [-0.2, -0.15) is 4.98 Å². The molecule has 0 radical (unpaired) electrons. The van der Waals surface area contributed by atoms with Gasteiger partial charge in [0.25, 0.3) is 5.91 Å². The maximum atomic E-state index is 14.5. The van der Waals surface area contributed by atoms with E-state index in [1.54, 1.807) is 5.32 Å². The van der Waals surface area contributed by atoms with E-state index in [0.717, 1.165) is 18.4 Å². The Morgan fingerprint density at radius 2 is 2.09 bits per heavy atom. The van der Waals surface area contributed by atoms with E-state index in [-0.39, 0.29) is 46.1 Å². The first-order valence-electron chi connectivity index (χ1n) is 10.0. The number of anilines is 2. The summed E-state index contributed by atoms with van der Waals surface area (Å²) in [5.41, 5.74) is -0.555. The van der Waals surface area contributed by atoms with Gasteiger partial charge in [0.05, 0.1) is 36.8 Å². The van der Waals surface area contributed by atoms with Gasteiger partial charge < -0.3 is 19.9 Å². The van der Waals surface area contributed by atoms with Gasteiger partial charge in [0.15, 0.2) is 16.6 Å². The van der Waals surface area contributed by atoms with E-state index in [2.05, 4.69) is 30.4 Å². The van der Waals surface area contributed by atoms with Crippen LogP contribution in [0, 0.1) is 5.82 Å². The molecule has 0 saturated heterocycles. The van der Waals surface area contributed by atoms with Gasteiger partial charge in [-0.1, -0.05) is 16.8 Å². The second kappa shape index (κ2) is 9.42. The van der Waals surface area contributed by atoms with Crippen LogP contribution in [0.1, 0.15) is 20.5 Å². The van der Waals surface area contributed by atoms with E-state index in [1.807, 2.05) is 0 Å². The average molecular weight is 489 g/mol. The highest BCUT2D eigenvalue weighted by Crippen LogP contribution is 2.38. The molecule has 15 heteroatoms. The van der Waals surface area contributed by atoms with Gasteiger partial charge in [0.1, 0.15) is 5.82 Å². The molecule has 2 aromatic heterocycles. The second-order valence-corrected chi connectivity index (χ2v) is 8.37. The first-order chi connectivity index (χ1) is 16.3. The van der Waals surface area contributed by atoms with Crippen molar-refractivity contribution < 1.29 is 31.0 Å². The van der Waals surface area contributed by atoms with E-state index < -0.39 is 34.4 Å². The molecule has 0 saturated carbocycles. The Labute approximate surface area is 190 Å². The molecule has 0 aliphatic carbocycles. The number of hydrogen-bond acceptors (Lipinski definition) is 10. The molecule has 32 heavy (non-hydrogen) atoms. The fourth-order valence-corrected chi connectivity index (χ4v) is 3.07. The van der Waals surface area contributed by atoms with Crippen LogP contribution in [-0.2, 0) is 16.6 Å². The van der Waals surface area contributed by atoms with Gasteiger partial charge >= 0.3 is 0 Å². The zero-order valence-electron chi connectivity index (χ0n) is 19.4.